The molecule has 0 spiro atoms. The van der Waals surface area contributed by atoms with Crippen LogP contribution >= 0.6 is 0 Å². The maximum Gasteiger partial charge on any atom is 0.251 e. The number of carbonyl (C=O) groups is 1. The van der Waals surface area contributed by atoms with E-state index in [1.54, 1.807) is 31.4 Å². The van der Waals surface area contributed by atoms with Crippen molar-refractivity contribution < 1.29 is 14.3 Å². The average molecular weight is 340 g/mol. The van der Waals surface area contributed by atoms with Crippen molar-refractivity contribution in [1.29, 1.82) is 0 Å². The summed E-state index contributed by atoms with van der Waals surface area (Å²) < 4.78 is 10.9. The van der Waals surface area contributed by atoms with Gasteiger partial charge in [0.1, 0.15) is 5.75 Å². The Morgan fingerprint density at radius 2 is 1.96 bits per heavy atom. The Balaban J connectivity index is 1.45. The van der Waals surface area contributed by atoms with Gasteiger partial charge in [-0.1, -0.05) is 18.2 Å². The lowest BCUT2D eigenvalue weighted by Crippen LogP contribution is -2.43. The Kier molecular flexibility index (Phi) is 5.90. The molecule has 1 saturated heterocycles. The summed E-state index contributed by atoms with van der Waals surface area (Å²) in [6.07, 6.45) is 0.927. The Morgan fingerprint density at radius 1 is 1.20 bits per heavy atom. The molecule has 0 aliphatic carbocycles. The van der Waals surface area contributed by atoms with E-state index in [2.05, 4.69) is 34.5 Å². The van der Waals surface area contributed by atoms with Gasteiger partial charge in [-0.05, 0) is 42.8 Å². The minimum Gasteiger partial charge on any atom is -0.497 e. The van der Waals surface area contributed by atoms with Crippen molar-refractivity contribution in [1.82, 2.24) is 5.32 Å². The van der Waals surface area contributed by atoms with Crippen molar-refractivity contribution in [2.75, 3.05) is 38.3 Å². The van der Waals surface area contributed by atoms with E-state index < -0.39 is 0 Å². The predicted octanol–water partition coefficient (Wildman–Crippen LogP) is 2.72. The lowest BCUT2D eigenvalue weighted by Gasteiger charge is -2.34. The smallest absolute Gasteiger partial charge is 0.251 e. The highest BCUT2D eigenvalue weighted by molar-refractivity contribution is 5.94. The van der Waals surface area contributed by atoms with E-state index in [1.807, 2.05) is 6.07 Å². The van der Waals surface area contributed by atoms with Crippen LogP contribution in [0.2, 0.25) is 0 Å². The fourth-order valence-corrected chi connectivity index (χ4v) is 2.96. The zero-order valence-corrected chi connectivity index (χ0v) is 14.5. The van der Waals surface area contributed by atoms with Crippen molar-refractivity contribution >= 4 is 11.6 Å². The third kappa shape index (κ3) is 4.73. The molecule has 3 rings (SSSR count). The van der Waals surface area contributed by atoms with Gasteiger partial charge < -0.3 is 19.7 Å². The fourth-order valence-electron chi connectivity index (χ4n) is 2.96. The number of morpholine rings is 1. The largest absolute Gasteiger partial charge is 0.497 e. The first-order valence-corrected chi connectivity index (χ1v) is 8.60. The van der Waals surface area contributed by atoms with Crippen molar-refractivity contribution in [2.45, 2.75) is 12.5 Å². The number of nitrogens with one attached hydrogen (secondary N) is 1. The van der Waals surface area contributed by atoms with Crippen LogP contribution in [-0.4, -0.2) is 45.4 Å². The van der Waals surface area contributed by atoms with Gasteiger partial charge in [-0.3, -0.25) is 4.79 Å². The quantitative estimate of drug-likeness (QED) is 0.878. The predicted molar refractivity (Wildman–Crippen MR) is 98.3 cm³/mol. The molecule has 0 bridgehead atoms. The van der Waals surface area contributed by atoms with Crippen LogP contribution in [0.25, 0.3) is 0 Å². The fraction of sp³-hybridized carbons (Fsp3) is 0.350. The number of hydrogen-bond donors (Lipinski definition) is 1. The normalized spacial score (nSPS) is 17.2. The minimum absolute atomic E-state index is 0.0709. The first-order valence-electron chi connectivity index (χ1n) is 8.60. The van der Waals surface area contributed by atoms with Crippen LogP contribution in [0.15, 0.2) is 54.6 Å². The maximum atomic E-state index is 12.2. The standard InChI is InChI=1S/C20H24N2O3/c1-24-18-9-7-16(8-10-18)20(23)21-12-11-19-15-22(13-14-25-19)17-5-3-2-4-6-17/h2-10,19H,11-15H2,1H3,(H,21,23). The third-order valence-corrected chi connectivity index (χ3v) is 4.36. The molecule has 2 aromatic carbocycles. The first kappa shape index (κ1) is 17.3. The molecule has 1 atom stereocenters. The van der Waals surface area contributed by atoms with Gasteiger partial charge in [0, 0.05) is 30.9 Å². The lowest BCUT2D eigenvalue weighted by molar-refractivity contribution is 0.0354. The van der Waals surface area contributed by atoms with Gasteiger partial charge in [-0.15, -0.1) is 0 Å². The van der Waals surface area contributed by atoms with Crippen LogP contribution < -0.4 is 15.0 Å². The molecule has 1 heterocycles. The third-order valence-electron chi connectivity index (χ3n) is 4.36. The molecule has 5 nitrogen and oxygen atoms in total. The minimum atomic E-state index is -0.0709. The molecular formula is C20H24N2O3. The van der Waals surface area contributed by atoms with Gasteiger partial charge in [0.2, 0.25) is 0 Å². The second-order valence-electron chi connectivity index (χ2n) is 6.05. The number of benzene rings is 2. The second kappa shape index (κ2) is 8.53. The first-order chi connectivity index (χ1) is 12.3. The summed E-state index contributed by atoms with van der Waals surface area (Å²) in [6, 6.07) is 17.5. The van der Waals surface area contributed by atoms with E-state index in [4.69, 9.17) is 9.47 Å². The number of methoxy groups -OCH3 is 1. The molecule has 1 unspecified atom stereocenters. The molecule has 1 N–H and O–H groups in total. The van der Waals surface area contributed by atoms with Gasteiger partial charge in [0.05, 0.1) is 19.8 Å². The molecule has 0 radical (unpaired) electrons. The number of amides is 1. The highest BCUT2D eigenvalue weighted by Gasteiger charge is 2.20. The van der Waals surface area contributed by atoms with Gasteiger partial charge in [0.15, 0.2) is 0 Å². The maximum absolute atomic E-state index is 12.2. The number of nitrogens with zero attached hydrogens (tertiary/aromatic N) is 1. The number of rotatable bonds is 6. The van der Waals surface area contributed by atoms with Crippen LogP contribution in [0.5, 0.6) is 5.75 Å². The van der Waals surface area contributed by atoms with Crippen molar-refractivity contribution in [2.24, 2.45) is 0 Å². The van der Waals surface area contributed by atoms with E-state index in [-0.39, 0.29) is 12.0 Å². The van der Waals surface area contributed by atoms with E-state index in [0.717, 1.165) is 25.3 Å². The molecule has 5 heteroatoms. The summed E-state index contributed by atoms with van der Waals surface area (Å²) in [7, 11) is 1.61. The number of ether oxygens (including phenoxy) is 2. The Hall–Kier alpha value is -2.53. The average Bonchev–Trinajstić information content (AvgIpc) is 2.69. The van der Waals surface area contributed by atoms with Crippen molar-refractivity contribution in [3.63, 3.8) is 0 Å². The molecule has 1 aliphatic heterocycles. The number of anilines is 1. The van der Waals surface area contributed by atoms with E-state index in [0.29, 0.717) is 18.7 Å². The van der Waals surface area contributed by atoms with Crippen molar-refractivity contribution in [3.05, 3.63) is 60.2 Å². The van der Waals surface area contributed by atoms with E-state index in [1.165, 1.54) is 5.69 Å². The van der Waals surface area contributed by atoms with Crippen LogP contribution in [-0.2, 0) is 4.74 Å². The summed E-state index contributed by atoms with van der Waals surface area (Å²) in [6.45, 7) is 3.06. The molecule has 1 fully saturated rings. The molecule has 2 aromatic rings. The number of para-hydroxylation sites is 1. The molecule has 0 aromatic heterocycles. The zero-order chi connectivity index (χ0) is 17.5. The SMILES string of the molecule is COc1ccc(C(=O)NCCC2CN(c3ccccc3)CCO2)cc1. The highest BCUT2D eigenvalue weighted by Crippen LogP contribution is 2.18. The molecule has 25 heavy (non-hydrogen) atoms. The number of carbonyl (C=O) groups excluding carboxylic acids is 1. The van der Waals surface area contributed by atoms with Crippen LogP contribution in [0.1, 0.15) is 16.8 Å². The summed E-state index contributed by atoms with van der Waals surface area (Å²) in [5.41, 5.74) is 1.86. The molecule has 132 valence electrons. The van der Waals surface area contributed by atoms with Gasteiger partial charge in [0.25, 0.3) is 5.91 Å². The Morgan fingerprint density at radius 3 is 2.68 bits per heavy atom. The Bertz CT molecular complexity index is 673. The summed E-state index contributed by atoms with van der Waals surface area (Å²) in [5, 5.41) is 2.96. The van der Waals surface area contributed by atoms with Gasteiger partial charge in [-0.2, -0.15) is 0 Å². The topological polar surface area (TPSA) is 50.8 Å². The second-order valence-corrected chi connectivity index (χ2v) is 6.05. The van der Waals surface area contributed by atoms with Crippen LogP contribution in [0, 0.1) is 0 Å². The summed E-state index contributed by atoms with van der Waals surface area (Å²) >= 11 is 0. The monoisotopic (exact) mass is 340 g/mol. The van der Waals surface area contributed by atoms with Crippen LogP contribution in [0.3, 0.4) is 0 Å². The molecule has 0 saturated carbocycles. The number of hydrogen-bond acceptors (Lipinski definition) is 4. The summed E-state index contributed by atoms with van der Waals surface area (Å²) in [5.74, 6) is 0.673. The Labute approximate surface area is 148 Å². The van der Waals surface area contributed by atoms with Gasteiger partial charge in [-0.25, -0.2) is 0 Å². The zero-order valence-electron chi connectivity index (χ0n) is 14.5. The van der Waals surface area contributed by atoms with E-state index in [9.17, 15) is 4.79 Å². The van der Waals surface area contributed by atoms with E-state index >= 15 is 0 Å². The van der Waals surface area contributed by atoms with Gasteiger partial charge >= 0.3 is 0 Å². The summed E-state index contributed by atoms with van der Waals surface area (Å²) in [4.78, 5) is 14.5. The van der Waals surface area contributed by atoms with Crippen LogP contribution in [0.4, 0.5) is 5.69 Å². The van der Waals surface area contributed by atoms with Crippen molar-refractivity contribution in [3.8, 4) is 5.75 Å². The lowest BCUT2D eigenvalue weighted by atomic mass is 10.1. The molecular weight excluding hydrogens is 316 g/mol. The highest BCUT2D eigenvalue weighted by atomic mass is 16.5. The molecule has 1 aliphatic rings. The molecule has 1 amide bonds.